The van der Waals surface area contributed by atoms with Gasteiger partial charge in [-0.2, -0.15) is 0 Å². The standard InChI is InChI=1S/C7H11NO3S/c1-12(10,11)6-4-2-3-5-7(8)9/h2-5H,6H2,1H3,(H2,8,9)/b4-2+,5-3+. The van der Waals surface area contributed by atoms with Gasteiger partial charge in [0.15, 0.2) is 9.84 Å². The Morgan fingerprint density at radius 2 is 2.00 bits per heavy atom. The second kappa shape index (κ2) is 4.71. The second-order valence-corrected chi connectivity index (χ2v) is 4.47. The Morgan fingerprint density at radius 1 is 1.42 bits per heavy atom. The monoisotopic (exact) mass is 189 g/mol. The highest BCUT2D eigenvalue weighted by atomic mass is 32.2. The highest BCUT2D eigenvalue weighted by Gasteiger charge is 1.94. The summed E-state index contributed by atoms with van der Waals surface area (Å²) < 4.78 is 21.1. The van der Waals surface area contributed by atoms with Crippen LogP contribution < -0.4 is 5.73 Å². The molecule has 0 spiro atoms. The van der Waals surface area contributed by atoms with Crippen molar-refractivity contribution < 1.29 is 13.2 Å². The molecule has 0 bridgehead atoms. The molecule has 5 heteroatoms. The van der Waals surface area contributed by atoms with Crippen LogP contribution in [-0.4, -0.2) is 26.3 Å². The molecule has 0 aromatic rings. The molecule has 0 saturated heterocycles. The number of sulfone groups is 1. The highest BCUT2D eigenvalue weighted by Crippen LogP contribution is 1.84. The van der Waals surface area contributed by atoms with Crippen molar-refractivity contribution in [1.29, 1.82) is 0 Å². The molecule has 0 aliphatic rings. The van der Waals surface area contributed by atoms with Crippen molar-refractivity contribution in [2.24, 2.45) is 5.73 Å². The van der Waals surface area contributed by atoms with Gasteiger partial charge in [-0.05, 0) is 0 Å². The number of amides is 1. The summed E-state index contributed by atoms with van der Waals surface area (Å²) in [6.07, 6.45) is 6.59. The van der Waals surface area contributed by atoms with E-state index in [4.69, 9.17) is 5.73 Å². The van der Waals surface area contributed by atoms with E-state index in [0.29, 0.717) is 0 Å². The summed E-state index contributed by atoms with van der Waals surface area (Å²) in [5.41, 5.74) is 4.78. The quantitative estimate of drug-likeness (QED) is 0.484. The molecule has 0 aromatic heterocycles. The highest BCUT2D eigenvalue weighted by molar-refractivity contribution is 7.90. The maximum atomic E-state index is 10.6. The topological polar surface area (TPSA) is 77.2 Å². The van der Waals surface area contributed by atoms with Crippen LogP contribution in [0.4, 0.5) is 0 Å². The summed E-state index contributed by atoms with van der Waals surface area (Å²) >= 11 is 0. The molecule has 0 fully saturated rings. The van der Waals surface area contributed by atoms with Gasteiger partial charge in [0.05, 0.1) is 5.75 Å². The van der Waals surface area contributed by atoms with E-state index in [-0.39, 0.29) is 5.75 Å². The van der Waals surface area contributed by atoms with E-state index in [9.17, 15) is 13.2 Å². The predicted molar refractivity (Wildman–Crippen MR) is 47.2 cm³/mol. The van der Waals surface area contributed by atoms with E-state index in [1.165, 1.54) is 18.2 Å². The normalized spacial score (nSPS) is 12.8. The molecule has 0 rings (SSSR count). The molecule has 4 nitrogen and oxygen atoms in total. The van der Waals surface area contributed by atoms with Crippen molar-refractivity contribution in [3.8, 4) is 0 Å². The minimum Gasteiger partial charge on any atom is -0.366 e. The first-order valence-electron chi connectivity index (χ1n) is 3.22. The van der Waals surface area contributed by atoms with E-state index >= 15 is 0 Å². The van der Waals surface area contributed by atoms with Crippen molar-refractivity contribution >= 4 is 15.7 Å². The average molecular weight is 189 g/mol. The lowest BCUT2D eigenvalue weighted by atomic mass is 10.4. The Morgan fingerprint density at radius 3 is 2.42 bits per heavy atom. The number of nitrogens with two attached hydrogens (primary N) is 1. The summed E-state index contributed by atoms with van der Waals surface area (Å²) in [4.78, 5) is 10.1. The van der Waals surface area contributed by atoms with Crippen molar-refractivity contribution in [3.63, 3.8) is 0 Å². The zero-order valence-corrected chi connectivity index (χ0v) is 7.54. The van der Waals surface area contributed by atoms with Gasteiger partial charge in [-0.25, -0.2) is 8.42 Å². The largest absolute Gasteiger partial charge is 0.366 e. The van der Waals surface area contributed by atoms with E-state index in [0.717, 1.165) is 12.3 Å². The minimum atomic E-state index is -2.96. The Hall–Kier alpha value is -1.10. The molecule has 12 heavy (non-hydrogen) atoms. The zero-order valence-electron chi connectivity index (χ0n) is 6.73. The first-order chi connectivity index (χ1) is 5.42. The first-order valence-corrected chi connectivity index (χ1v) is 5.28. The number of hydrogen-bond acceptors (Lipinski definition) is 3. The minimum absolute atomic E-state index is 0.0316. The van der Waals surface area contributed by atoms with Crippen LogP contribution in [0.25, 0.3) is 0 Å². The smallest absolute Gasteiger partial charge is 0.241 e. The van der Waals surface area contributed by atoms with Gasteiger partial charge in [-0.15, -0.1) is 0 Å². The Bertz CT molecular complexity index is 301. The second-order valence-electron chi connectivity index (χ2n) is 2.28. The number of rotatable bonds is 4. The summed E-state index contributed by atoms with van der Waals surface area (Å²) in [6.45, 7) is 0. The Balaban J connectivity index is 3.88. The fourth-order valence-electron chi connectivity index (χ4n) is 0.459. The number of allylic oxidation sites excluding steroid dienone is 2. The van der Waals surface area contributed by atoms with E-state index in [1.807, 2.05) is 0 Å². The average Bonchev–Trinajstić information content (AvgIpc) is 1.83. The van der Waals surface area contributed by atoms with Gasteiger partial charge in [0.25, 0.3) is 0 Å². The van der Waals surface area contributed by atoms with Crippen LogP contribution in [0, 0.1) is 0 Å². The summed E-state index contributed by atoms with van der Waals surface area (Å²) in [7, 11) is -2.96. The van der Waals surface area contributed by atoms with E-state index in [2.05, 4.69) is 0 Å². The predicted octanol–water partition coefficient (Wildman–Crippen LogP) is -0.371. The van der Waals surface area contributed by atoms with Gasteiger partial charge in [-0.1, -0.05) is 18.2 Å². The molecule has 0 saturated carbocycles. The number of hydrogen-bond donors (Lipinski definition) is 1. The van der Waals surface area contributed by atoms with Crippen LogP contribution in [0.5, 0.6) is 0 Å². The fraction of sp³-hybridized carbons (Fsp3) is 0.286. The van der Waals surface area contributed by atoms with Gasteiger partial charge < -0.3 is 5.73 Å². The third-order valence-corrected chi connectivity index (χ3v) is 1.70. The third-order valence-electron chi connectivity index (χ3n) is 0.907. The summed E-state index contributed by atoms with van der Waals surface area (Å²) in [5, 5.41) is 0. The molecule has 0 unspecified atom stereocenters. The lowest BCUT2D eigenvalue weighted by Gasteiger charge is -1.86. The summed E-state index contributed by atoms with van der Waals surface area (Å²) in [6, 6.07) is 0. The van der Waals surface area contributed by atoms with Crippen molar-refractivity contribution in [3.05, 3.63) is 24.3 Å². The van der Waals surface area contributed by atoms with Gasteiger partial charge in [-0.3, -0.25) is 4.79 Å². The molecular weight excluding hydrogens is 178 g/mol. The van der Waals surface area contributed by atoms with Gasteiger partial charge in [0.1, 0.15) is 0 Å². The van der Waals surface area contributed by atoms with Crippen LogP contribution in [0.2, 0.25) is 0 Å². The maximum absolute atomic E-state index is 10.6. The molecule has 0 aliphatic carbocycles. The molecule has 0 aliphatic heterocycles. The fourth-order valence-corrected chi connectivity index (χ4v) is 0.920. The molecule has 0 heterocycles. The van der Waals surface area contributed by atoms with Crippen molar-refractivity contribution in [1.82, 2.24) is 0 Å². The molecule has 2 N–H and O–H groups in total. The SMILES string of the molecule is CS(=O)(=O)C/C=C/C=C/C(N)=O. The third kappa shape index (κ3) is 8.90. The zero-order chi connectivity index (χ0) is 9.61. The molecule has 0 radical (unpaired) electrons. The lowest BCUT2D eigenvalue weighted by molar-refractivity contribution is -0.113. The summed E-state index contributed by atoms with van der Waals surface area (Å²) in [5.74, 6) is -0.588. The number of carbonyl (C=O) groups is 1. The Labute approximate surface area is 71.7 Å². The van der Waals surface area contributed by atoms with Gasteiger partial charge in [0, 0.05) is 12.3 Å². The van der Waals surface area contributed by atoms with Crippen LogP contribution in [-0.2, 0) is 14.6 Å². The molecule has 0 aromatic carbocycles. The van der Waals surface area contributed by atoms with Crippen molar-refractivity contribution in [2.75, 3.05) is 12.0 Å². The van der Waals surface area contributed by atoms with Crippen LogP contribution in [0.1, 0.15) is 0 Å². The van der Waals surface area contributed by atoms with Crippen LogP contribution >= 0.6 is 0 Å². The van der Waals surface area contributed by atoms with Gasteiger partial charge >= 0.3 is 0 Å². The van der Waals surface area contributed by atoms with E-state index in [1.54, 1.807) is 0 Å². The first kappa shape index (κ1) is 10.9. The van der Waals surface area contributed by atoms with Crippen LogP contribution in [0.15, 0.2) is 24.3 Å². The molecular formula is C7H11NO3S. The van der Waals surface area contributed by atoms with Gasteiger partial charge in [0.2, 0.25) is 5.91 Å². The maximum Gasteiger partial charge on any atom is 0.241 e. The molecule has 68 valence electrons. The lowest BCUT2D eigenvalue weighted by Crippen LogP contribution is -2.05. The number of primary amides is 1. The Kier molecular flexibility index (Phi) is 4.28. The molecule has 0 atom stereocenters. The van der Waals surface area contributed by atoms with Crippen molar-refractivity contribution in [2.45, 2.75) is 0 Å². The van der Waals surface area contributed by atoms with Crippen LogP contribution in [0.3, 0.4) is 0 Å². The molecule has 1 amide bonds. The number of carbonyl (C=O) groups excluding carboxylic acids is 1. The van der Waals surface area contributed by atoms with E-state index < -0.39 is 15.7 Å².